The molecule has 0 aliphatic heterocycles. The van der Waals surface area contributed by atoms with Crippen LogP contribution in [0, 0.1) is 0 Å². The van der Waals surface area contributed by atoms with Gasteiger partial charge in [-0.1, -0.05) is 67.2 Å². The maximum absolute atomic E-state index is 12.3. The van der Waals surface area contributed by atoms with Crippen LogP contribution >= 0.6 is 11.8 Å². The van der Waals surface area contributed by atoms with Gasteiger partial charge in [-0.15, -0.1) is 10.2 Å². The second kappa shape index (κ2) is 12.3. The van der Waals surface area contributed by atoms with E-state index in [9.17, 15) is 4.79 Å². The van der Waals surface area contributed by atoms with Gasteiger partial charge in [0.1, 0.15) is 12.4 Å². The highest BCUT2D eigenvalue weighted by Crippen LogP contribution is 2.30. The lowest BCUT2D eigenvalue weighted by Crippen LogP contribution is -2.31. The Morgan fingerprint density at radius 2 is 1.88 bits per heavy atom. The summed E-state index contributed by atoms with van der Waals surface area (Å²) in [7, 11) is 1.66. The monoisotopic (exact) mass is 454 g/mol. The van der Waals surface area contributed by atoms with E-state index >= 15 is 0 Å². The highest BCUT2D eigenvalue weighted by Gasteiger charge is 2.20. The van der Waals surface area contributed by atoms with Crippen molar-refractivity contribution in [2.75, 3.05) is 20.3 Å². The number of benzene rings is 2. The van der Waals surface area contributed by atoms with Gasteiger partial charge in [0.05, 0.1) is 11.9 Å². The topological polar surface area (TPSA) is 78.3 Å². The Labute approximate surface area is 193 Å². The quantitative estimate of drug-likeness (QED) is 0.414. The number of rotatable bonds is 12. The molecule has 2 aromatic carbocycles. The molecule has 1 atom stereocenters. The largest absolute Gasteiger partial charge is 0.485 e. The van der Waals surface area contributed by atoms with E-state index in [-0.39, 0.29) is 17.8 Å². The zero-order chi connectivity index (χ0) is 22.8. The third-order valence-corrected chi connectivity index (χ3v) is 5.92. The van der Waals surface area contributed by atoms with E-state index in [2.05, 4.69) is 27.6 Å². The summed E-state index contributed by atoms with van der Waals surface area (Å²) in [5.74, 6) is 1.46. The predicted molar refractivity (Wildman–Crippen MR) is 127 cm³/mol. The standard InChI is InChI=1S/C24H30N4O3S/c1-4-14-25-23(29)18(2)32-24-27-26-22(28(24)15-16-30-3)17-31-21-13-9-8-12-20(21)19-10-6-5-7-11-19/h5-13,18H,4,14-17H2,1-3H3,(H,25,29). The van der Waals surface area contributed by atoms with Gasteiger partial charge in [0, 0.05) is 25.8 Å². The van der Waals surface area contributed by atoms with Crippen molar-refractivity contribution in [1.29, 1.82) is 0 Å². The van der Waals surface area contributed by atoms with E-state index in [0.717, 1.165) is 23.3 Å². The van der Waals surface area contributed by atoms with E-state index < -0.39 is 0 Å². The van der Waals surface area contributed by atoms with Gasteiger partial charge in [0.25, 0.3) is 0 Å². The van der Waals surface area contributed by atoms with Crippen molar-refractivity contribution in [3.05, 3.63) is 60.4 Å². The first-order chi connectivity index (χ1) is 15.6. The number of thioether (sulfide) groups is 1. The molecule has 0 fully saturated rings. The molecule has 8 heteroatoms. The molecule has 1 aromatic heterocycles. The molecule has 1 amide bonds. The second-order valence-corrected chi connectivity index (χ2v) is 8.55. The molecule has 0 saturated carbocycles. The van der Waals surface area contributed by atoms with Crippen molar-refractivity contribution in [2.24, 2.45) is 0 Å². The third-order valence-electron chi connectivity index (χ3n) is 4.84. The number of para-hydroxylation sites is 1. The lowest BCUT2D eigenvalue weighted by atomic mass is 10.1. The van der Waals surface area contributed by atoms with E-state index in [1.807, 2.05) is 60.9 Å². The van der Waals surface area contributed by atoms with Gasteiger partial charge in [0.15, 0.2) is 11.0 Å². The molecule has 0 spiro atoms. The smallest absolute Gasteiger partial charge is 0.233 e. The molecule has 32 heavy (non-hydrogen) atoms. The summed E-state index contributed by atoms with van der Waals surface area (Å²) in [6.07, 6.45) is 0.902. The first-order valence-corrected chi connectivity index (χ1v) is 11.6. The predicted octanol–water partition coefficient (Wildman–Crippen LogP) is 4.18. The number of ether oxygens (including phenoxy) is 2. The maximum Gasteiger partial charge on any atom is 0.233 e. The van der Waals surface area contributed by atoms with Gasteiger partial charge in [0.2, 0.25) is 5.91 Å². The van der Waals surface area contributed by atoms with E-state index in [1.165, 1.54) is 11.8 Å². The van der Waals surface area contributed by atoms with Crippen molar-refractivity contribution in [3.63, 3.8) is 0 Å². The van der Waals surface area contributed by atoms with Gasteiger partial charge in [-0.3, -0.25) is 4.79 Å². The Balaban J connectivity index is 1.75. The average molecular weight is 455 g/mol. The molecule has 1 heterocycles. The Hall–Kier alpha value is -2.84. The minimum absolute atomic E-state index is 0.00673. The van der Waals surface area contributed by atoms with Crippen LogP contribution in [0.2, 0.25) is 0 Å². The molecule has 0 aliphatic carbocycles. The number of aromatic nitrogens is 3. The number of carbonyl (C=O) groups is 1. The van der Waals surface area contributed by atoms with Crippen LogP contribution in [0.5, 0.6) is 5.75 Å². The average Bonchev–Trinajstić information content (AvgIpc) is 3.21. The Bertz CT molecular complexity index is 994. The SMILES string of the molecule is CCCNC(=O)C(C)Sc1nnc(COc2ccccc2-c2ccccc2)n1CCOC. The van der Waals surface area contributed by atoms with Gasteiger partial charge in [-0.05, 0) is 25.0 Å². The van der Waals surface area contributed by atoms with Crippen LogP contribution < -0.4 is 10.1 Å². The third kappa shape index (κ3) is 6.34. The number of carbonyl (C=O) groups excluding carboxylic acids is 1. The molecule has 0 radical (unpaired) electrons. The van der Waals surface area contributed by atoms with Gasteiger partial charge in [-0.25, -0.2) is 0 Å². The summed E-state index contributed by atoms with van der Waals surface area (Å²) in [6.45, 7) is 5.92. The molecule has 3 rings (SSSR count). The summed E-state index contributed by atoms with van der Waals surface area (Å²) in [5.41, 5.74) is 2.11. The Morgan fingerprint density at radius 3 is 2.62 bits per heavy atom. The van der Waals surface area contributed by atoms with Crippen molar-refractivity contribution < 1.29 is 14.3 Å². The summed E-state index contributed by atoms with van der Waals surface area (Å²) in [6, 6.07) is 18.1. The van der Waals surface area contributed by atoms with E-state index in [0.29, 0.717) is 30.7 Å². The number of nitrogens with one attached hydrogen (secondary N) is 1. The second-order valence-electron chi connectivity index (χ2n) is 7.25. The summed E-state index contributed by atoms with van der Waals surface area (Å²) >= 11 is 1.39. The number of hydrogen-bond acceptors (Lipinski definition) is 6. The summed E-state index contributed by atoms with van der Waals surface area (Å²) in [5, 5.41) is 12.0. The zero-order valence-corrected chi connectivity index (χ0v) is 19.6. The number of hydrogen-bond donors (Lipinski definition) is 1. The van der Waals surface area contributed by atoms with Crippen molar-refractivity contribution in [2.45, 2.75) is 43.8 Å². The molecule has 0 saturated heterocycles. The molecule has 7 nitrogen and oxygen atoms in total. The molecule has 0 aliphatic rings. The normalized spacial score (nSPS) is 11.8. The minimum Gasteiger partial charge on any atom is -0.485 e. The lowest BCUT2D eigenvalue weighted by Gasteiger charge is -2.14. The van der Waals surface area contributed by atoms with Crippen LogP contribution in [0.4, 0.5) is 0 Å². The molecule has 3 aromatic rings. The van der Waals surface area contributed by atoms with Crippen molar-refractivity contribution >= 4 is 17.7 Å². The van der Waals surface area contributed by atoms with Crippen LogP contribution in [0.15, 0.2) is 59.8 Å². The number of nitrogens with zero attached hydrogens (tertiary/aromatic N) is 3. The summed E-state index contributed by atoms with van der Waals surface area (Å²) < 4.78 is 13.4. The number of methoxy groups -OCH3 is 1. The van der Waals surface area contributed by atoms with Gasteiger partial charge >= 0.3 is 0 Å². The fourth-order valence-electron chi connectivity index (χ4n) is 3.11. The van der Waals surface area contributed by atoms with Gasteiger partial charge < -0.3 is 19.4 Å². The van der Waals surface area contributed by atoms with Crippen LogP contribution in [-0.2, 0) is 22.7 Å². The van der Waals surface area contributed by atoms with E-state index in [1.54, 1.807) is 7.11 Å². The van der Waals surface area contributed by atoms with Crippen molar-refractivity contribution in [3.8, 4) is 16.9 Å². The molecule has 0 bridgehead atoms. The molecular formula is C24H30N4O3S. The molecule has 170 valence electrons. The lowest BCUT2D eigenvalue weighted by molar-refractivity contribution is -0.120. The first-order valence-electron chi connectivity index (χ1n) is 10.8. The fraction of sp³-hybridized carbons (Fsp3) is 0.375. The highest BCUT2D eigenvalue weighted by atomic mass is 32.2. The van der Waals surface area contributed by atoms with Crippen LogP contribution in [0.1, 0.15) is 26.1 Å². The maximum atomic E-state index is 12.3. The van der Waals surface area contributed by atoms with Crippen LogP contribution in [-0.4, -0.2) is 46.2 Å². The van der Waals surface area contributed by atoms with Crippen LogP contribution in [0.25, 0.3) is 11.1 Å². The van der Waals surface area contributed by atoms with Crippen molar-refractivity contribution in [1.82, 2.24) is 20.1 Å². The Kier molecular flexibility index (Phi) is 9.13. The fourth-order valence-corrected chi connectivity index (χ4v) is 4.03. The van der Waals surface area contributed by atoms with E-state index in [4.69, 9.17) is 9.47 Å². The zero-order valence-electron chi connectivity index (χ0n) is 18.8. The Morgan fingerprint density at radius 1 is 1.12 bits per heavy atom. The minimum atomic E-state index is -0.278. The van der Waals surface area contributed by atoms with Crippen LogP contribution in [0.3, 0.4) is 0 Å². The molecule has 1 unspecified atom stereocenters. The first kappa shape index (κ1) is 23.8. The number of amides is 1. The van der Waals surface area contributed by atoms with Gasteiger partial charge in [-0.2, -0.15) is 0 Å². The highest BCUT2D eigenvalue weighted by molar-refractivity contribution is 8.00. The molecule has 1 N–H and O–H groups in total. The molecular weight excluding hydrogens is 424 g/mol. The summed E-state index contributed by atoms with van der Waals surface area (Å²) in [4.78, 5) is 12.3.